The zero-order valence-corrected chi connectivity index (χ0v) is 16.1. The van der Waals surface area contributed by atoms with E-state index in [1.54, 1.807) is 0 Å². The van der Waals surface area contributed by atoms with Crippen molar-refractivity contribution in [1.82, 2.24) is 10.6 Å². The summed E-state index contributed by atoms with van der Waals surface area (Å²) in [5, 5.41) is 5.35. The Kier molecular flexibility index (Phi) is 8.21. The Labute approximate surface area is 165 Å². The number of hydrogen-bond donors (Lipinski definition) is 3. The molecule has 2 aromatic rings. The van der Waals surface area contributed by atoms with Gasteiger partial charge in [-0.25, -0.2) is 0 Å². The maximum Gasteiger partial charge on any atom is 0.243 e. The summed E-state index contributed by atoms with van der Waals surface area (Å²) in [5.74, 6) is -1.30. The van der Waals surface area contributed by atoms with Gasteiger partial charge in [0.1, 0.15) is 12.1 Å². The zero-order valence-electron chi connectivity index (χ0n) is 16.1. The molecule has 0 aromatic heterocycles. The van der Waals surface area contributed by atoms with Crippen molar-refractivity contribution in [3.63, 3.8) is 0 Å². The van der Waals surface area contributed by atoms with Crippen molar-refractivity contribution in [1.29, 1.82) is 0 Å². The molecule has 6 heteroatoms. The summed E-state index contributed by atoms with van der Waals surface area (Å²) in [6.45, 7) is 1.36. The molecule has 28 heavy (non-hydrogen) atoms. The fourth-order valence-electron chi connectivity index (χ4n) is 3.02. The number of carbonyl (C=O) groups excluding carboxylic acids is 3. The number of carbonyl (C=O) groups is 3. The molecule has 0 spiro atoms. The largest absolute Gasteiger partial charge is 0.368 e. The van der Waals surface area contributed by atoms with Crippen LogP contribution in [0.25, 0.3) is 0 Å². The first-order chi connectivity index (χ1) is 13.5. The highest BCUT2D eigenvalue weighted by Gasteiger charge is 2.25. The minimum absolute atomic E-state index is 0.309. The van der Waals surface area contributed by atoms with Crippen molar-refractivity contribution in [2.45, 2.75) is 44.7 Å². The Bertz CT molecular complexity index is 778. The molecule has 0 heterocycles. The summed E-state index contributed by atoms with van der Waals surface area (Å²) in [6.07, 6.45) is 2.27. The van der Waals surface area contributed by atoms with E-state index in [1.807, 2.05) is 60.7 Å². The monoisotopic (exact) mass is 381 g/mol. The van der Waals surface area contributed by atoms with Gasteiger partial charge in [0.05, 0.1) is 0 Å². The molecule has 0 unspecified atom stereocenters. The molecule has 0 radical (unpaired) electrons. The minimum atomic E-state index is -0.775. The topological polar surface area (TPSA) is 101 Å². The van der Waals surface area contributed by atoms with Crippen LogP contribution in [0, 0.1) is 0 Å². The molecule has 0 saturated heterocycles. The first-order valence-electron chi connectivity index (χ1n) is 9.40. The summed E-state index contributed by atoms with van der Waals surface area (Å²) in [5.41, 5.74) is 7.55. The van der Waals surface area contributed by atoms with Crippen molar-refractivity contribution < 1.29 is 14.4 Å². The normalized spacial score (nSPS) is 12.6. The standard InChI is InChI=1S/C22H27N3O3/c1-16(26)24-20(15-18-11-6-3-7-12-18)22(28)25-19(21(23)27)14-8-13-17-9-4-2-5-10-17/h2-7,9-12,19-20H,8,13-15H2,1H3,(H2,23,27)(H,24,26)(H,25,28)/t19-,20-/m1/s1. The third-order valence-electron chi connectivity index (χ3n) is 4.44. The van der Waals surface area contributed by atoms with Gasteiger partial charge in [0.25, 0.3) is 0 Å². The van der Waals surface area contributed by atoms with Crippen LogP contribution in [0.2, 0.25) is 0 Å². The van der Waals surface area contributed by atoms with Crippen LogP contribution in [0.5, 0.6) is 0 Å². The first-order valence-corrected chi connectivity index (χ1v) is 9.40. The second-order valence-corrected chi connectivity index (χ2v) is 6.78. The maximum atomic E-state index is 12.7. The fourth-order valence-corrected chi connectivity index (χ4v) is 3.02. The highest BCUT2D eigenvalue weighted by Crippen LogP contribution is 2.08. The molecule has 0 bridgehead atoms. The van der Waals surface area contributed by atoms with Crippen molar-refractivity contribution in [2.75, 3.05) is 0 Å². The number of nitrogens with two attached hydrogens (primary N) is 1. The van der Waals surface area contributed by atoms with Crippen LogP contribution in [-0.2, 0) is 27.2 Å². The van der Waals surface area contributed by atoms with E-state index in [0.717, 1.165) is 17.5 Å². The Morgan fingerprint density at radius 1 is 0.857 bits per heavy atom. The Hall–Kier alpha value is -3.15. The van der Waals surface area contributed by atoms with Gasteiger partial charge in [-0.1, -0.05) is 60.7 Å². The Morgan fingerprint density at radius 2 is 1.43 bits per heavy atom. The van der Waals surface area contributed by atoms with Crippen molar-refractivity contribution in [2.24, 2.45) is 5.73 Å². The molecule has 148 valence electrons. The third kappa shape index (κ3) is 7.23. The van der Waals surface area contributed by atoms with E-state index in [-0.39, 0.29) is 5.91 Å². The number of primary amides is 1. The van der Waals surface area contributed by atoms with Gasteiger partial charge in [-0.3, -0.25) is 14.4 Å². The molecular weight excluding hydrogens is 354 g/mol. The summed E-state index contributed by atoms with van der Waals surface area (Å²) < 4.78 is 0. The van der Waals surface area contributed by atoms with E-state index >= 15 is 0 Å². The lowest BCUT2D eigenvalue weighted by Gasteiger charge is -2.21. The van der Waals surface area contributed by atoms with Crippen molar-refractivity contribution in [3.05, 3.63) is 71.8 Å². The molecule has 4 N–H and O–H groups in total. The van der Waals surface area contributed by atoms with Gasteiger partial charge < -0.3 is 16.4 Å². The molecule has 0 aliphatic carbocycles. The van der Waals surface area contributed by atoms with Gasteiger partial charge in [0.15, 0.2) is 0 Å². The number of rotatable bonds is 10. The number of hydrogen-bond acceptors (Lipinski definition) is 3. The Morgan fingerprint density at radius 3 is 1.96 bits per heavy atom. The van der Waals surface area contributed by atoms with Gasteiger partial charge in [-0.2, -0.15) is 0 Å². The number of nitrogens with one attached hydrogen (secondary N) is 2. The van der Waals surface area contributed by atoms with Gasteiger partial charge in [-0.05, 0) is 30.4 Å². The van der Waals surface area contributed by atoms with E-state index in [2.05, 4.69) is 10.6 Å². The SMILES string of the molecule is CC(=O)N[C@H](Cc1ccccc1)C(=O)N[C@H](CCCc1ccccc1)C(N)=O. The predicted octanol–water partition coefficient (Wildman–Crippen LogP) is 1.73. The van der Waals surface area contributed by atoms with Gasteiger partial charge in [0.2, 0.25) is 17.7 Å². The lowest BCUT2D eigenvalue weighted by atomic mass is 10.0. The first kappa shape index (κ1) is 21.2. The molecule has 6 nitrogen and oxygen atoms in total. The number of amides is 3. The summed E-state index contributed by atoms with van der Waals surface area (Å²) in [6, 6.07) is 17.8. The Balaban J connectivity index is 1.96. The van der Waals surface area contributed by atoms with Crippen LogP contribution >= 0.6 is 0 Å². The molecule has 0 fully saturated rings. The van der Waals surface area contributed by atoms with E-state index in [4.69, 9.17) is 5.73 Å². The highest BCUT2D eigenvalue weighted by molar-refractivity contribution is 5.91. The van der Waals surface area contributed by atoms with Crippen molar-refractivity contribution >= 4 is 17.7 Å². The van der Waals surface area contributed by atoms with Crippen molar-refractivity contribution in [3.8, 4) is 0 Å². The van der Waals surface area contributed by atoms with Gasteiger partial charge in [-0.15, -0.1) is 0 Å². The average Bonchev–Trinajstić information content (AvgIpc) is 2.67. The van der Waals surface area contributed by atoms with E-state index < -0.39 is 23.9 Å². The van der Waals surface area contributed by atoms with Crippen LogP contribution in [0.15, 0.2) is 60.7 Å². The fraction of sp³-hybridized carbons (Fsp3) is 0.318. The number of aryl methyl sites for hydroxylation is 1. The summed E-state index contributed by atoms with van der Waals surface area (Å²) in [4.78, 5) is 36.0. The molecular formula is C22H27N3O3. The molecule has 2 atom stereocenters. The van der Waals surface area contributed by atoms with Gasteiger partial charge >= 0.3 is 0 Å². The quantitative estimate of drug-likeness (QED) is 0.584. The van der Waals surface area contributed by atoms with E-state index in [9.17, 15) is 14.4 Å². The zero-order chi connectivity index (χ0) is 20.4. The molecule has 0 aliphatic rings. The third-order valence-corrected chi connectivity index (χ3v) is 4.44. The van der Waals surface area contributed by atoms with E-state index in [0.29, 0.717) is 19.3 Å². The second kappa shape index (κ2) is 10.9. The van der Waals surface area contributed by atoms with Gasteiger partial charge in [0, 0.05) is 13.3 Å². The predicted molar refractivity (Wildman–Crippen MR) is 108 cm³/mol. The second-order valence-electron chi connectivity index (χ2n) is 6.78. The summed E-state index contributed by atoms with van der Waals surface area (Å²) >= 11 is 0. The molecule has 0 saturated carbocycles. The highest BCUT2D eigenvalue weighted by atomic mass is 16.2. The van der Waals surface area contributed by atoms with Crippen LogP contribution in [-0.4, -0.2) is 29.8 Å². The molecule has 2 rings (SSSR count). The molecule has 2 aromatic carbocycles. The minimum Gasteiger partial charge on any atom is -0.368 e. The van der Waals surface area contributed by atoms with Crippen LogP contribution < -0.4 is 16.4 Å². The van der Waals surface area contributed by atoms with Crippen LogP contribution in [0.3, 0.4) is 0 Å². The lowest BCUT2D eigenvalue weighted by Crippen LogP contribution is -2.53. The van der Waals surface area contributed by atoms with Crippen LogP contribution in [0.1, 0.15) is 30.9 Å². The summed E-state index contributed by atoms with van der Waals surface area (Å²) in [7, 11) is 0. The smallest absolute Gasteiger partial charge is 0.243 e. The van der Waals surface area contributed by atoms with E-state index in [1.165, 1.54) is 6.92 Å². The molecule has 3 amide bonds. The molecule has 0 aliphatic heterocycles. The van der Waals surface area contributed by atoms with Crippen LogP contribution in [0.4, 0.5) is 0 Å². The number of benzene rings is 2. The average molecular weight is 381 g/mol. The maximum absolute atomic E-state index is 12.7. The lowest BCUT2D eigenvalue weighted by molar-refractivity contribution is -0.130.